The van der Waals surface area contributed by atoms with Crippen LogP contribution in [0.15, 0.2) is 65.9 Å². The van der Waals surface area contributed by atoms with Crippen molar-refractivity contribution in [3.8, 4) is 11.1 Å². The van der Waals surface area contributed by atoms with Gasteiger partial charge in [0.05, 0.1) is 66.0 Å². The van der Waals surface area contributed by atoms with Gasteiger partial charge in [-0.2, -0.15) is 5.10 Å². The largest absolute Gasteiger partial charge is 0.393 e. The molecule has 0 bridgehead atoms. The lowest BCUT2D eigenvalue weighted by Crippen LogP contribution is -2.71. The Morgan fingerprint density at radius 1 is 1.00 bits per heavy atom. The Balaban J connectivity index is 0.00000203. The SMILES string of the molecule is CC.CN1Cc2c(cnn2C2CN(Cc3cccc(C(=O)N4C[C@H]5OCC54)n3)C2)-c2cccc(NC(/C=C(\N)NC(=O)C3CC3)=C(/N)C(=O)NC3CC3)c21. The molecule has 3 amide bonds. The third-order valence-corrected chi connectivity index (χ3v) is 10.9. The second-order valence-corrected chi connectivity index (χ2v) is 14.8. The quantitative estimate of drug-likeness (QED) is 0.144. The fourth-order valence-corrected chi connectivity index (χ4v) is 7.48. The van der Waals surface area contributed by atoms with Crippen molar-refractivity contribution in [2.75, 3.05) is 43.5 Å². The average molecular weight is 736 g/mol. The van der Waals surface area contributed by atoms with Crippen LogP contribution in [0.2, 0.25) is 0 Å². The van der Waals surface area contributed by atoms with E-state index in [0.29, 0.717) is 37.6 Å². The summed E-state index contributed by atoms with van der Waals surface area (Å²) in [6.45, 7) is 8.19. The van der Waals surface area contributed by atoms with Crippen LogP contribution in [0.3, 0.4) is 0 Å². The summed E-state index contributed by atoms with van der Waals surface area (Å²) in [5.41, 5.74) is 19.2. The van der Waals surface area contributed by atoms with Crippen LogP contribution in [0, 0.1) is 5.92 Å². The Morgan fingerprint density at radius 2 is 1.78 bits per heavy atom. The first-order valence-electron chi connectivity index (χ1n) is 19.1. The van der Waals surface area contributed by atoms with E-state index in [2.05, 4.69) is 36.5 Å². The number of fused-ring (bicyclic) bond motifs is 4. The van der Waals surface area contributed by atoms with E-state index < -0.39 is 0 Å². The molecule has 284 valence electrons. The lowest BCUT2D eigenvalue weighted by Gasteiger charge is -2.54. The van der Waals surface area contributed by atoms with Crippen molar-refractivity contribution in [1.82, 2.24) is 35.2 Å². The summed E-state index contributed by atoms with van der Waals surface area (Å²) < 4.78 is 7.58. The Kier molecular flexibility index (Phi) is 9.52. The number of carbonyl (C=O) groups is 3. The third kappa shape index (κ3) is 6.89. The topological polar surface area (TPSA) is 189 Å². The standard InChI is InChI=1S/C37H43N11O4.C2H6/c1-45-17-29-25(13-40-48(29)23-15-46(16-23)14-22-4-2-7-27(41-22)37(51)47-18-31-30(47)19-52-31)24-5-3-6-26(34(24)45)43-28(33(39)36(50)42-21-10-11-21)12-32(38)44-35(49)20-8-9-20;1-2/h2-7,12-13,20-21,23,30-31,43H,8-11,14-19,38-39H2,1H3,(H,42,50)(H,44,49);1-2H3/b32-12+,33-28+;/t30?,31-;/m1./s1. The smallest absolute Gasteiger partial charge is 0.272 e. The van der Waals surface area contributed by atoms with Crippen LogP contribution in [0.1, 0.15) is 67.4 Å². The van der Waals surface area contributed by atoms with Crippen LogP contribution < -0.4 is 32.3 Å². The molecule has 2 aliphatic carbocycles. The van der Waals surface area contributed by atoms with Gasteiger partial charge in [0.15, 0.2) is 0 Å². The van der Waals surface area contributed by atoms with Crippen LogP contribution in [-0.4, -0.2) is 93.8 Å². The van der Waals surface area contributed by atoms with Crippen molar-refractivity contribution < 1.29 is 19.1 Å². The van der Waals surface area contributed by atoms with Gasteiger partial charge in [-0.15, -0.1) is 0 Å². The number of likely N-dealkylation sites (tertiary alicyclic amines) is 2. The van der Waals surface area contributed by atoms with E-state index in [9.17, 15) is 14.4 Å². The molecule has 1 unspecified atom stereocenters. The van der Waals surface area contributed by atoms with Gasteiger partial charge in [0.25, 0.3) is 11.8 Å². The summed E-state index contributed by atoms with van der Waals surface area (Å²) in [6, 6.07) is 12.2. The van der Waals surface area contributed by atoms with Gasteiger partial charge in [0, 0.05) is 62.4 Å². The van der Waals surface area contributed by atoms with Crippen molar-refractivity contribution in [3.63, 3.8) is 0 Å². The molecule has 15 nitrogen and oxygen atoms in total. The van der Waals surface area contributed by atoms with Gasteiger partial charge in [-0.05, 0) is 43.9 Å². The minimum atomic E-state index is -0.385. The van der Waals surface area contributed by atoms with Gasteiger partial charge >= 0.3 is 0 Å². The highest BCUT2D eigenvalue weighted by molar-refractivity contribution is 5.96. The Labute approximate surface area is 314 Å². The molecule has 4 aliphatic heterocycles. The van der Waals surface area contributed by atoms with Gasteiger partial charge in [0.2, 0.25) is 5.91 Å². The molecule has 0 radical (unpaired) electrons. The number of nitrogens with zero attached hydrogens (tertiary/aromatic N) is 6. The fourth-order valence-electron chi connectivity index (χ4n) is 7.48. The number of amides is 3. The minimum Gasteiger partial charge on any atom is -0.393 e. The van der Waals surface area contributed by atoms with Crippen molar-refractivity contribution in [3.05, 3.63) is 83.0 Å². The van der Waals surface area contributed by atoms with Crippen LogP contribution in [0.4, 0.5) is 11.4 Å². The number of pyridine rings is 1. The predicted molar refractivity (Wildman–Crippen MR) is 203 cm³/mol. The number of aromatic nitrogens is 3. The molecule has 6 heterocycles. The van der Waals surface area contributed by atoms with Gasteiger partial charge in [-0.25, -0.2) is 4.98 Å². The van der Waals surface area contributed by atoms with E-state index in [4.69, 9.17) is 26.3 Å². The summed E-state index contributed by atoms with van der Waals surface area (Å²) >= 11 is 0. The fraction of sp³-hybridized carbons (Fsp3) is 0.462. The average Bonchev–Trinajstić information content (AvgIpc) is 4.09. The van der Waals surface area contributed by atoms with Crippen molar-refractivity contribution in [2.45, 2.75) is 76.8 Å². The highest BCUT2D eigenvalue weighted by Gasteiger charge is 2.50. The Morgan fingerprint density at radius 3 is 2.46 bits per heavy atom. The molecular weight excluding hydrogens is 687 g/mol. The second-order valence-electron chi connectivity index (χ2n) is 14.8. The van der Waals surface area contributed by atoms with Gasteiger partial charge in [0.1, 0.15) is 17.2 Å². The molecule has 6 aliphatic rings. The first-order valence-corrected chi connectivity index (χ1v) is 19.1. The molecule has 0 spiro atoms. The van der Waals surface area contributed by atoms with E-state index in [-0.39, 0.29) is 59.4 Å². The Bertz CT molecular complexity index is 2030. The summed E-state index contributed by atoms with van der Waals surface area (Å²) in [6.07, 6.45) is 7.18. The number of hydrogen-bond donors (Lipinski definition) is 5. The molecular formula is C39H49N11O4. The van der Waals surface area contributed by atoms with Crippen molar-refractivity contribution in [2.24, 2.45) is 17.4 Å². The van der Waals surface area contributed by atoms with Crippen molar-refractivity contribution in [1.29, 1.82) is 0 Å². The number of allylic oxidation sites excluding steroid dienone is 1. The second kappa shape index (κ2) is 14.4. The maximum absolute atomic E-state index is 13.1. The number of benzene rings is 1. The van der Waals surface area contributed by atoms with Crippen LogP contribution >= 0.6 is 0 Å². The molecule has 3 saturated heterocycles. The zero-order valence-corrected chi connectivity index (χ0v) is 31.0. The van der Waals surface area contributed by atoms with E-state index in [0.717, 1.165) is 72.7 Å². The number of para-hydroxylation sites is 1. The number of nitrogens with two attached hydrogens (primary N) is 2. The molecule has 3 aromatic rings. The highest BCUT2D eigenvalue weighted by Crippen LogP contribution is 2.44. The first kappa shape index (κ1) is 35.6. The zero-order valence-electron chi connectivity index (χ0n) is 31.0. The third-order valence-electron chi connectivity index (χ3n) is 10.9. The van der Waals surface area contributed by atoms with Crippen LogP contribution in [0.25, 0.3) is 11.1 Å². The summed E-state index contributed by atoms with van der Waals surface area (Å²) in [4.78, 5) is 49.5. The Hall–Kier alpha value is -5.41. The number of anilines is 2. The van der Waals surface area contributed by atoms with E-state index in [1.165, 1.54) is 6.08 Å². The van der Waals surface area contributed by atoms with Crippen molar-refractivity contribution >= 4 is 29.1 Å². The molecule has 7 N–H and O–H groups in total. The molecule has 15 heteroatoms. The molecule has 2 atom stereocenters. The highest BCUT2D eigenvalue weighted by atomic mass is 16.5. The number of hydrogen-bond acceptors (Lipinski definition) is 11. The molecule has 5 fully saturated rings. The zero-order chi connectivity index (χ0) is 37.7. The van der Waals surface area contributed by atoms with Gasteiger partial charge in [-0.3, -0.25) is 24.0 Å². The van der Waals surface area contributed by atoms with E-state index in [1.54, 1.807) is 6.07 Å². The van der Waals surface area contributed by atoms with Gasteiger partial charge in [-0.1, -0.05) is 32.0 Å². The molecule has 1 aromatic carbocycles. The number of rotatable bonds is 11. The van der Waals surface area contributed by atoms with Crippen LogP contribution in [0.5, 0.6) is 0 Å². The molecule has 2 saturated carbocycles. The molecule has 54 heavy (non-hydrogen) atoms. The predicted octanol–water partition coefficient (Wildman–Crippen LogP) is 2.39. The summed E-state index contributed by atoms with van der Waals surface area (Å²) in [5.74, 6) is -0.448. The number of morpholine rings is 1. The minimum absolute atomic E-state index is 0.0128. The normalized spacial score (nSPS) is 22.1. The molecule has 2 aromatic heterocycles. The number of carbonyl (C=O) groups excluding carboxylic acids is 3. The lowest BCUT2D eigenvalue weighted by molar-refractivity contribution is -0.195. The van der Waals surface area contributed by atoms with E-state index >= 15 is 0 Å². The maximum atomic E-state index is 13.1. The van der Waals surface area contributed by atoms with E-state index in [1.807, 2.05) is 56.3 Å². The first-order chi connectivity index (χ1) is 26.2. The summed E-state index contributed by atoms with van der Waals surface area (Å²) in [5, 5.41) is 13.9. The maximum Gasteiger partial charge on any atom is 0.272 e. The monoisotopic (exact) mass is 735 g/mol. The lowest BCUT2D eigenvalue weighted by atomic mass is 9.94. The van der Waals surface area contributed by atoms with Crippen LogP contribution in [-0.2, 0) is 27.4 Å². The summed E-state index contributed by atoms with van der Waals surface area (Å²) in [7, 11) is 2.03. The number of nitrogens with one attached hydrogen (secondary N) is 3. The van der Waals surface area contributed by atoms with Gasteiger partial charge < -0.3 is 42.0 Å². The molecule has 9 rings (SSSR count). The number of ether oxygens (including phenoxy) is 1.